The second-order valence-corrected chi connectivity index (χ2v) is 9.02. The summed E-state index contributed by atoms with van der Waals surface area (Å²) in [5, 5.41) is 4.44. The predicted molar refractivity (Wildman–Crippen MR) is 121 cm³/mol. The molecule has 34 heavy (non-hydrogen) atoms. The minimum Gasteiger partial charge on any atom is -0.352 e. The van der Waals surface area contributed by atoms with E-state index in [2.05, 4.69) is 5.32 Å². The molecule has 4 nitrogen and oxygen atoms in total. The van der Waals surface area contributed by atoms with Gasteiger partial charge in [-0.1, -0.05) is 30.3 Å². The van der Waals surface area contributed by atoms with Crippen LogP contribution < -0.4 is 5.32 Å². The van der Waals surface area contributed by atoms with Crippen molar-refractivity contribution in [2.24, 2.45) is 0 Å². The number of halogens is 4. The van der Waals surface area contributed by atoms with Gasteiger partial charge in [-0.25, -0.2) is 4.39 Å². The van der Waals surface area contributed by atoms with Crippen LogP contribution in [-0.4, -0.2) is 23.3 Å². The van der Waals surface area contributed by atoms with Gasteiger partial charge in [-0.3, -0.25) is 9.59 Å². The van der Waals surface area contributed by atoms with Crippen LogP contribution in [0.2, 0.25) is 0 Å². The Balaban J connectivity index is 1.40. The van der Waals surface area contributed by atoms with Crippen LogP contribution in [0.1, 0.15) is 46.0 Å². The van der Waals surface area contributed by atoms with Crippen molar-refractivity contribution in [1.82, 2.24) is 10.2 Å². The van der Waals surface area contributed by atoms with E-state index in [0.29, 0.717) is 13.0 Å². The van der Waals surface area contributed by atoms with Crippen molar-refractivity contribution in [2.75, 3.05) is 6.54 Å². The minimum atomic E-state index is -4.51. The number of fused-ring (bicyclic) bond motifs is 1. The van der Waals surface area contributed by atoms with Gasteiger partial charge in [0, 0.05) is 30.8 Å². The van der Waals surface area contributed by atoms with Crippen molar-refractivity contribution in [3.63, 3.8) is 0 Å². The van der Waals surface area contributed by atoms with Gasteiger partial charge in [0.25, 0.3) is 0 Å². The first kappa shape index (κ1) is 23.9. The highest BCUT2D eigenvalue weighted by atomic mass is 32.1. The molecule has 0 bridgehead atoms. The van der Waals surface area contributed by atoms with Crippen LogP contribution in [0.15, 0.2) is 60.0 Å². The molecule has 0 saturated carbocycles. The van der Waals surface area contributed by atoms with E-state index in [-0.39, 0.29) is 42.7 Å². The van der Waals surface area contributed by atoms with E-state index >= 15 is 0 Å². The lowest BCUT2D eigenvalue weighted by Crippen LogP contribution is -2.40. The number of rotatable bonds is 6. The number of nitrogens with zero attached hydrogens (tertiary/aromatic N) is 1. The average Bonchev–Trinajstić information content (AvgIpc) is 3.30. The highest BCUT2D eigenvalue weighted by Crippen LogP contribution is 2.38. The number of hydrogen-bond acceptors (Lipinski definition) is 3. The third-order valence-corrected chi connectivity index (χ3v) is 6.83. The Morgan fingerprint density at radius 2 is 1.76 bits per heavy atom. The Bertz CT molecular complexity index is 1170. The second kappa shape index (κ2) is 9.97. The summed E-state index contributed by atoms with van der Waals surface area (Å²) in [6, 6.07) is 12.6. The van der Waals surface area contributed by atoms with Gasteiger partial charge >= 0.3 is 6.18 Å². The molecule has 0 saturated heterocycles. The van der Waals surface area contributed by atoms with Gasteiger partial charge < -0.3 is 10.2 Å². The fourth-order valence-corrected chi connectivity index (χ4v) is 5.09. The zero-order valence-electron chi connectivity index (χ0n) is 18.1. The summed E-state index contributed by atoms with van der Waals surface area (Å²) in [4.78, 5) is 28.2. The normalized spacial score (nSPS) is 15.6. The van der Waals surface area contributed by atoms with Crippen molar-refractivity contribution < 1.29 is 27.2 Å². The molecule has 1 aromatic heterocycles. The van der Waals surface area contributed by atoms with E-state index in [1.165, 1.54) is 35.2 Å². The molecule has 0 fully saturated rings. The Kier molecular flexibility index (Phi) is 7.02. The molecule has 0 aliphatic carbocycles. The van der Waals surface area contributed by atoms with Gasteiger partial charge in [-0.05, 0) is 52.8 Å². The van der Waals surface area contributed by atoms with Crippen LogP contribution in [0.4, 0.5) is 17.6 Å². The van der Waals surface area contributed by atoms with E-state index in [9.17, 15) is 27.2 Å². The first-order valence-electron chi connectivity index (χ1n) is 10.8. The standard InChI is InChI=1S/C25H22F4N2O2S/c26-18-7-5-16(6-8-18)24-19-12-14-34-21(19)11-13-31(24)23(33)10-9-22(32)30-15-17-3-1-2-4-20(17)25(27,28)29/h1-8,12,14,24H,9-11,13,15H2,(H,30,32). The van der Waals surface area contributed by atoms with Gasteiger partial charge in [0.15, 0.2) is 0 Å². The molecule has 0 radical (unpaired) electrons. The average molecular weight is 491 g/mol. The SMILES string of the molecule is O=C(CCC(=O)N1CCc2sccc2C1c1ccc(F)cc1)NCc1ccccc1C(F)(F)F. The quantitative estimate of drug-likeness (QED) is 0.466. The van der Waals surface area contributed by atoms with E-state index in [4.69, 9.17) is 0 Å². The number of benzene rings is 2. The first-order valence-corrected chi connectivity index (χ1v) is 11.6. The zero-order chi connectivity index (χ0) is 24.3. The summed E-state index contributed by atoms with van der Waals surface area (Å²) < 4.78 is 52.8. The van der Waals surface area contributed by atoms with Gasteiger partial charge in [0.05, 0.1) is 11.6 Å². The minimum absolute atomic E-state index is 0.0351. The summed E-state index contributed by atoms with van der Waals surface area (Å²) in [6.45, 7) is 0.192. The fraction of sp³-hybridized carbons (Fsp3) is 0.280. The predicted octanol–water partition coefficient (Wildman–Crippen LogP) is 5.48. The molecule has 1 atom stereocenters. The maximum atomic E-state index is 13.5. The summed E-state index contributed by atoms with van der Waals surface area (Å²) in [5.41, 5.74) is 0.937. The third-order valence-electron chi connectivity index (χ3n) is 5.84. The number of hydrogen-bond donors (Lipinski definition) is 1. The smallest absolute Gasteiger partial charge is 0.352 e. The fourth-order valence-electron chi connectivity index (χ4n) is 4.19. The number of carbonyl (C=O) groups is 2. The van der Waals surface area contributed by atoms with E-state index in [1.807, 2.05) is 11.4 Å². The largest absolute Gasteiger partial charge is 0.416 e. The summed E-state index contributed by atoms with van der Waals surface area (Å²) in [7, 11) is 0. The lowest BCUT2D eigenvalue weighted by Gasteiger charge is -2.36. The molecule has 1 N–H and O–H groups in total. The maximum absolute atomic E-state index is 13.5. The van der Waals surface area contributed by atoms with Crippen molar-refractivity contribution in [2.45, 2.75) is 38.0 Å². The number of nitrogens with one attached hydrogen (secondary N) is 1. The molecule has 9 heteroatoms. The lowest BCUT2D eigenvalue weighted by molar-refractivity contribution is -0.138. The molecule has 1 unspecified atom stereocenters. The number of thiophene rings is 1. The lowest BCUT2D eigenvalue weighted by atomic mass is 9.93. The van der Waals surface area contributed by atoms with Crippen LogP contribution in [0.25, 0.3) is 0 Å². The van der Waals surface area contributed by atoms with Crippen molar-refractivity contribution in [1.29, 1.82) is 0 Å². The summed E-state index contributed by atoms with van der Waals surface area (Å²) in [6.07, 6.45) is -4.04. The van der Waals surface area contributed by atoms with E-state index in [1.54, 1.807) is 28.4 Å². The van der Waals surface area contributed by atoms with Crippen molar-refractivity contribution in [3.05, 3.63) is 92.9 Å². The molecular formula is C25H22F4N2O2S. The van der Waals surface area contributed by atoms with Gasteiger partial charge in [-0.2, -0.15) is 13.2 Å². The monoisotopic (exact) mass is 490 g/mol. The van der Waals surface area contributed by atoms with Crippen molar-refractivity contribution in [3.8, 4) is 0 Å². The van der Waals surface area contributed by atoms with Gasteiger partial charge in [0.1, 0.15) is 5.82 Å². The third kappa shape index (κ3) is 5.30. The number of amides is 2. The molecule has 0 spiro atoms. The number of carbonyl (C=O) groups excluding carboxylic acids is 2. The molecule has 2 amide bonds. The maximum Gasteiger partial charge on any atom is 0.416 e. The molecule has 2 heterocycles. The van der Waals surface area contributed by atoms with Crippen LogP contribution in [0, 0.1) is 5.82 Å². The second-order valence-electron chi connectivity index (χ2n) is 8.02. The van der Waals surface area contributed by atoms with Crippen LogP contribution in [0.5, 0.6) is 0 Å². The zero-order valence-corrected chi connectivity index (χ0v) is 18.9. The van der Waals surface area contributed by atoms with Crippen LogP contribution in [0.3, 0.4) is 0 Å². The first-order chi connectivity index (χ1) is 16.2. The Morgan fingerprint density at radius 3 is 2.50 bits per heavy atom. The molecule has 1 aliphatic heterocycles. The van der Waals surface area contributed by atoms with E-state index < -0.39 is 17.6 Å². The Hall–Kier alpha value is -3.20. The van der Waals surface area contributed by atoms with Gasteiger partial charge in [-0.15, -0.1) is 11.3 Å². The molecule has 1 aliphatic rings. The number of alkyl halides is 3. The van der Waals surface area contributed by atoms with Crippen LogP contribution in [-0.2, 0) is 28.7 Å². The Morgan fingerprint density at radius 1 is 1.03 bits per heavy atom. The highest BCUT2D eigenvalue weighted by Gasteiger charge is 2.34. The topological polar surface area (TPSA) is 49.4 Å². The highest BCUT2D eigenvalue weighted by molar-refractivity contribution is 7.10. The molecule has 4 rings (SSSR count). The summed E-state index contributed by atoms with van der Waals surface area (Å²) >= 11 is 1.61. The summed E-state index contributed by atoms with van der Waals surface area (Å²) in [5.74, 6) is -1.11. The molecule has 178 valence electrons. The molecule has 3 aromatic rings. The molecule has 2 aromatic carbocycles. The van der Waals surface area contributed by atoms with Crippen molar-refractivity contribution >= 4 is 23.2 Å². The van der Waals surface area contributed by atoms with E-state index in [0.717, 1.165) is 17.2 Å². The Labute approximate surface area is 198 Å². The van der Waals surface area contributed by atoms with Gasteiger partial charge in [0.2, 0.25) is 11.8 Å². The van der Waals surface area contributed by atoms with Crippen LogP contribution >= 0.6 is 11.3 Å². The molecular weight excluding hydrogens is 468 g/mol.